The Bertz CT molecular complexity index is 622. The molecule has 0 aliphatic carbocycles. The summed E-state index contributed by atoms with van der Waals surface area (Å²) in [5.41, 5.74) is 1.47. The summed E-state index contributed by atoms with van der Waals surface area (Å²) in [6.07, 6.45) is 2.53. The molecule has 2 amide bonds. The van der Waals surface area contributed by atoms with Gasteiger partial charge in [-0.15, -0.1) is 0 Å². The quantitative estimate of drug-likeness (QED) is 0.792. The lowest BCUT2D eigenvalue weighted by atomic mass is 10.1. The number of carbonyl (C=O) groups excluding carboxylic acids is 2. The van der Waals surface area contributed by atoms with Crippen molar-refractivity contribution >= 4 is 11.8 Å². The Hall–Kier alpha value is -2.24. The van der Waals surface area contributed by atoms with E-state index < -0.39 is 0 Å². The fraction of sp³-hybridized carbons (Fsp3) is 0.579. The molecule has 6 heteroatoms. The van der Waals surface area contributed by atoms with Crippen LogP contribution in [0.2, 0.25) is 0 Å². The number of carbonyl (C=O) groups is 2. The molecule has 1 fully saturated rings. The highest BCUT2D eigenvalue weighted by Gasteiger charge is 2.26. The zero-order valence-electron chi connectivity index (χ0n) is 15.6. The number of aryl methyl sites for hydroxylation is 1. The van der Waals surface area contributed by atoms with Crippen LogP contribution in [0.1, 0.15) is 42.1 Å². The molecule has 0 aromatic heterocycles. The van der Waals surface area contributed by atoms with Crippen LogP contribution in [0.15, 0.2) is 12.1 Å². The maximum Gasteiger partial charge on any atom is 0.254 e. The molecule has 1 saturated heterocycles. The van der Waals surface area contributed by atoms with Crippen molar-refractivity contribution in [2.45, 2.75) is 33.1 Å². The second-order valence-corrected chi connectivity index (χ2v) is 6.30. The average Bonchev–Trinajstić information content (AvgIpc) is 2.65. The van der Waals surface area contributed by atoms with E-state index >= 15 is 0 Å². The molecule has 0 N–H and O–H groups in total. The minimum Gasteiger partial charge on any atom is -0.493 e. The van der Waals surface area contributed by atoms with Crippen molar-refractivity contribution in [3.63, 3.8) is 0 Å². The van der Waals surface area contributed by atoms with E-state index in [2.05, 4.69) is 6.92 Å². The summed E-state index contributed by atoms with van der Waals surface area (Å²) in [4.78, 5) is 28.6. The van der Waals surface area contributed by atoms with Crippen LogP contribution in [0.3, 0.4) is 0 Å². The minimum absolute atomic E-state index is 0.0286. The third-order valence-electron chi connectivity index (χ3n) is 4.62. The maximum atomic E-state index is 12.9. The van der Waals surface area contributed by atoms with Crippen LogP contribution in [-0.2, 0) is 4.79 Å². The van der Waals surface area contributed by atoms with Gasteiger partial charge in [-0.1, -0.05) is 13.3 Å². The number of piperazine rings is 1. The maximum absolute atomic E-state index is 12.9. The Balaban J connectivity index is 2.04. The number of amides is 2. The first-order valence-electron chi connectivity index (χ1n) is 8.81. The smallest absolute Gasteiger partial charge is 0.254 e. The second kappa shape index (κ2) is 8.74. The van der Waals surface area contributed by atoms with Crippen molar-refractivity contribution in [3.05, 3.63) is 23.3 Å². The number of unbranched alkanes of at least 4 members (excludes halogenated alkanes) is 1. The van der Waals surface area contributed by atoms with E-state index in [4.69, 9.17) is 9.47 Å². The Morgan fingerprint density at radius 3 is 2.12 bits per heavy atom. The van der Waals surface area contributed by atoms with Gasteiger partial charge in [-0.25, -0.2) is 0 Å². The zero-order valence-corrected chi connectivity index (χ0v) is 15.6. The van der Waals surface area contributed by atoms with Crippen molar-refractivity contribution in [2.75, 3.05) is 40.4 Å². The molecule has 0 saturated carbocycles. The lowest BCUT2D eigenvalue weighted by molar-refractivity contribution is -0.132. The van der Waals surface area contributed by atoms with Gasteiger partial charge in [0.2, 0.25) is 5.91 Å². The molecule has 2 rings (SSSR count). The lowest BCUT2D eigenvalue weighted by Crippen LogP contribution is -2.50. The molecular weight excluding hydrogens is 320 g/mol. The van der Waals surface area contributed by atoms with Gasteiger partial charge in [-0.05, 0) is 31.0 Å². The summed E-state index contributed by atoms with van der Waals surface area (Å²) in [6.45, 7) is 6.28. The first-order valence-corrected chi connectivity index (χ1v) is 8.81. The molecule has 1 heterocycles. The third-order valence-corrected chi connectivity index (χ3v) is 4.62. The van der Waals surface area contributed by atoms with Crippen LogP contribution in [0.5, 0.6) is 11.5 Å². The molecule has 0 bridgehead atoms. The van der Waals surface area contributed by atoms with Crippen LogP contribution < -0.4 is 9.47 Å². The van der Waals surface area contributed by atoms with Crippen LogP contribution in [0, 0.1) is 6.92 Å². The molecule has 1 aliphatic rings. The fourth-order valence-electron chi connectivity index (χ4n) is 3.03. The number of benzene rings is 1. The molecule has 1 aromatic carbocycles. The van der Waals surface area contributed by atoms with E-state index in [0.717, 1.165) is 18.4 Å². The van der Waals surface area contributed by atoms with Gasteiger partial charge >= 0.3 is 0 Å². The standard InChI is InChI=1S/C19H28N2O4/c1-5-6-7-18(22)20-8-10-21(11-9-20)19(23)15-13-17(25-4)16(24-3)12-14(15)2/h12-13H,5-11H2,1-4H3. The summed E-state index contributed by atoms with van der Waals surface area (Å²) in [5, 5.41) is 0. The average molecular weight is 348 g/mol. The van der Waals surface area contributed by atoms with Crippen LogP contribution in [-0.4, -0.2) is 62.0 Å². The van der Waals surface area contributed by atoms with Gasteiger partial charge in [0.05, 0.1) is 14.2 Å². The van der Waals surface area contributed by atoms with Crippen molar-refractivity contribution < 1.29 is 19.1 Å². The summed E-state index contributed by atoms with van der Waals surface area (Å²) in [6, 6.07) is 3.55. The highest BCUT2D eigenvalue weighted by molar-refractivity contribution is 5.96. The van der Waals surface area contributed by atoms with Gasteiger partial charge in [0.1, 0.15) is 0 Å². The number of hydrogen-bond acceptors (Lipinski definition) is 4. The molecule has 6 nitrogen and oxygen atoms in total. The first kappa shape index (κ1) is 19.1. The highest BCUT2D eigenvalue weighted by Crippen LogP contribution is 2.31. The molecule has 25 heavy (non-hydrogen) atoms. The van der Waals surface area contributed by atoms with E-state index in [1.807, 2.05) is 17.9 Å². The van der Waals surface area contributed by atoms with Gasteiger partial charge in [0, 0.05) is 38.2 Å². The van der Waals surface area contributed by atoms with Crippen LogP contribution in [0.4, 0.5) is 0 Å². The monoisotopic (exact) mass is 348 g/mol. The number of rotatable bonds is 6. The molecule has 0 atom stereocenters. The largest absolute Gasteiger partial charge is 0.493 e. The Labute approximate surface area is 149 Å². The molecular formula is C19H28N2O4. The Morgan fingerprint density at radius 1 is 1.00 bits per heavy atom. The van der Waals surface area contributed by atoms with Gasteiger partial charge in [0.25, 0.3) is 5.91 Å². The van der Waals surface area contributed by atoms with Gasteiger partial charge < -0.3 is 19.3 Å². The number of methoxy groups -OCH3 is 2. The Morgan fingerprint density at radius 2 is 1.56 bits per heavy atom. The molecule has 1 aliphatic heterocycles. The molecule has 138 valence electrons. The fourth-order valence-corrected chi connectivity index (χ4v) is 3.03. The van der Waals surface area contributed by atoms with Crippen LogP contribution >= 0.6 is 0 Å². The number of nitrogens with zero attached hydrogens (tertiary/aromatic N) is 2. The topological polar surface area (TPSA) is 59.1 Å². The summed E-state index contributed by atoms with van der Waals surface area (Å²) in [5.74, 6) is 1.32. The van der Waals surface area contributed by atoms with E-state index in [1.54, 1.807) is 25.2 Å². The van der Waals surface area contributed by atoms with E-state index in [9.17, 15) is 9.59 Å². The van der Waals surface area contributed by atoms with E-state index in [-0.39, 0.29) is 11.8 Å². The number of hydrogen-bond donors (Lipinski definition) is 0. The Kier molecular flexibility index (Phi) is 6.67. The van der Waals surface area contributed by atoms with Crippen molar-refractivity contribution in [3.8, 4) is 11.5 Å². The van der Waals surface area contributed by atoms with Crippen LogP contribution in [0.25, 0.3) is 0 Å². The highest BCUT2D eigenvalue weighted by atomic mass is 16.5. The lowest BCUT2D eigenvalue weighted by Gasteiger charge is -2.35. The minimum atomic E-state index is -0.0286. The van der Waals surface area contributed by atoms with Gasteiger partial charge in [0.15, 0.2) is 11.5 Å². The van der Waals surface area contributed by atoms with Crippen molar-refractivity contribution in [1.82, 2.24) is 9.80 Å². The second-order valence-electron chi connectivity index (χ2n) is 6.30. The third kappa shape index (κ3) is 4.44. The van der Waals surface area contributed by atoms with Crippen molar-refractivity contribution in [1.29, 1.82) is 0 Å². The van der Waals surface area contributed by atoms with Gasteiger partial charge in [-0.3, -0.25) is 9.59 Å². The molecule has 1 aromatic rings. The summed E-state index contributed by atoms with van der Waals surface area (Å²) in [7, 11) is 3.13. The van der Waals surface area contributed by atoms with Gasteiger partial charge in [-0.2, -0.15) is 0 Å². The predicted octanol–water partition coefficient (Wildman–Crippen LogP) is 2.49. The SMILES string of the molecule is CCCCC(=O)N1CCN(C(=O)c2cc(OC)c(OC)cc2C)CC1. The predicted molar refractivity (Wildman–Crippen MR) is 96.3 cm³/mol. The number of ether oxygens (including phenoxy) is 2. The normalized spacial score (nSPS) is 14.4. The molecule has 0 spiro atoms. The first-order chi connectivity index (χ1) is 12.0. The molecule has 0 radical (unpaired) electrons. The molecule has 0 unspecified atom stereocenters. The van der Waals surface area contributed by atoms with Crippen molar-refractivity contribution in [2.24, 2.45) is 0 Å². The van der Waals surface area contributed by atoms with E-state index in [0.29, 0.717) is 49.7 Å². The van der Waals surface area contributed by atoms with E-state index in [1.165, 1.54) is 0 Å². The zero-order chi connectivity index (χ0) is 18.4. The summed E-state index contributed by atoms with van der Waals surface area (Å²) >= 11 is 0. The summed E-state index contributed by atoms with van der Waals surface area (Å²) < 4.78 is 10.6.